The molecule has 208 valence electrons. The maximum absolute atomic E-state index is 12.9. The lowest BCUT2D eigenvalue weighted by molar-refractivity contribution is -0.164. The lowest BCUT2D eigenvalue weighted by Gasteiger charge is -2.46. The fourth-order valence-corrected chi connectivity index (χ4v) is 6.84. The summed E-state index contributed by atoms with van der Waals surface area (Å²) >= 11 is 1.34. The van der Waals surface area contributed by atoms with E-state index < -0.39 is 40.3 Å². The first kappa shape index (κ1) is 30.8. The van der Waals surface area contributed by atoms with Crippen LogP contribution in [-0.2, 0) is 29.3 Å². The summed E-state index contributed by atoms with van der Waals surface area (Å²) in [5.41, 5.74) is 0.133. The Morgan fingerprint density at radius 3 is 2.49 bits per heavy atom. The SMILES string of the molecule is C.C=CCOC(=O)C1=C(S[C@H]2C[C@@H](CNS(N)(=O)=O)N(C(=O)OCC=C)C2)[C@H](C)[C@@H]2[C@@H]([C@@H](C)O)C(=O)N12. The standard InChI is InChI=1S/C22H32N4O8S2.CH4/c1-5-7-33-21(29)18-19(12(3)17-16(13(4)27)20(28)26(17)18)35-15-9-14(10-24-36(23,31)32)25(11-15)22(30)34-8-6-2;/h5-6,12-17,24,27H,1-2,7-11H2,3-4H3,(H2,23,31,32);1H4/t12-,13-,14+,15+,16-,17-;/m1./s1. The number of rotatable bonds is 11. The van der Waals surface area contributed by atoms with Crippen molar-refractivity contribution >= 4 is 39.9 Å². The van der Waals surface area contributed by atoms with Crippen molar-refractivity contribution in [1.29, 1.82) is 0 Å². The molecule has 2 saturated heterocycles. The highest BCUT2D eigenvalue weighted by Crippen LogP contribution is 2.52. The van der Waals surface area contributed by atoms with Gasteiger partial charge in [-0.2, -0.15) is 8.42 Å². The summed E-state index contributed by atoms with van der Waals surface area (Å²) in [6.07, 6.45) is 1.70. The van der Waals surface area contributed by atoms with Crippen LogP contribution in [0.25, 0.3) is 0 Å². The Balaban J connectivity index is 0.00000481. The number of thioether (sulfide) groups is 1. The zero-order chi connectivity index (χ0) is 26.8. The molecule has 0 bridgehead atoms. The molecule has 0 aromatic rings. The van der Waals surface area contributed by atoms with E-state index in [1.54, 1.807) is 6.92 Å². The Morgan fingerprint density at radius 2 is 1.92 bits per heavy atom. The Bertz CT molecular complexity index is 1060. The number of nitrogens with zero attached hydrogens (tertiary/aromatic N) is 2. The third-order valence-electron chi connectivity index (χ3n) is 6.38. The van der Waals surface area contributed by atoms with E-state index in [2.05, 4.69) is 17.9 Å². The maximum Gasteiger partial charge on any atom is 0.410 e. The average Bonchev–Trinajstić information content (AvgIpc) is 3.31. The van der Waals surface area contributed by atoms with Crippen LogP contribution >= 0.6 is 11.8 Å². The van der Waals surface area contributed by atoms with Gasteiger partial charge in [-0.15, -0.1) is 11.8 Å². The number of amides is 2. The van der Waals surface area contributed by atoms with Crippen LogP contribution in [0.4, 0.5) is 4.79 Å². The van der Waals surface area contributed by atoms with Crippen molar-refractivity contribution in [2.75, 3.05) is 26.3 Å². The molecule has 0 aromatic heterocycles. The highest BCUT2D eigenvalue weighted by Gasteiger charge is 2.60. The van der Waals surface area contributed by atoms with Gasteiger partial charge in [0.2, 0.25) is 5.91 Å². The van der Waals surface area contributed by atoms with Crippen LogP contribution in [0, 0.1) is 11.8 Å². The molecule has 2 fully saturated rings. The lowest BCUT2D eigenvalue weighted by Crippen LogP contribution is -2.63. The minimum Gasteiger partial charge on any atom is -0.457 e. The topological polar surface area (TPSA) is 169 Å². The van der Waals surface area contributed by atoms with Crippen molar-refractivity contribution in [2.24, 2.45) is 17.0 Å². The fraction of sp³-hybridized carbons (Fsp3) is 0.609. The molecule has 2 amide bonds. The third-order valence-corrected chi connectivity index (χ3v) is 8.45. The van der Waals surface area contributed by atoms with Gasteiger partial charge in [0.25, 0.3) is 10.2 Å². The summed E-state index contributed by atoms with van der Waals surface area (Å²) in [7, 11) is -3.98. The molecule has 0 aromatic carbocycles. The van der Waals surface area contributed by atoms with E-state index in [0.29, 0.717) is 11.3 Å². The van der Waals surface area contributed by atoms with Gasteiger partial charge in [0.05, 0.1) is 18.1 Å². The zero-order valence-corrected chi connectivity index (χ0v) is 21.8. The number of aliphatic hydroxyl groups is 1. The number of nitrogens with one attached hydrogen (secondary N) is 1. The van der Waals surface area contributed by atoms with Gasteiger partial charge in [0.15, 0.2) is 0 Å². The van der Waals surface area contributed by atoms with Crippen LogP contribution in [0.1, 0.15) is 27.7 Å². The van der Waals surface area contributed by atoms with E-state index in [1.807, 2.05) is 6.92 Å². The fourth-order valence-electron chi connectivity index (χ4n) is 4.85. The molecular formula is C23H36N4O8S2. The molecule has 3 aliphatic heterocycles. The highest BCUT2D eigenvalue weighted by atomic mass is 32.2. The van der Waals surface area contributed by atoms with Crippen molar-refractivity contribution in [1.82, 2.24) is 14.5 Å². The van der Waals surface area contributed by atoms with Crippen LogP contribution in [0.15, 0.2) is 35.9 Å². The Hall–Kier alpha value is -2.39. The van der Waals surface area contributed by atoms with Gasteiger partial charge < -0.3 is 24.4 Å². The van der Waals surface area contributed by atoms with E-state index >= 15 is 0 Å². The normalized spacial score (nSPS) is 27.7. The quantitative estimate of drug-likeness (QED) is 0.187. The van der Waals surface area contributed by atoms with E-state index in [-0.39, 0.29) is 62.5 Å². The number of ether oxygens (including phenoxy) is 2. The van der Waals surface area contributed by atoms with Crippen LogP contribution in [-0.4, -0.2) is 91.0 Å². The molecule has 0 radical (unpaired) electrons. The summed E-state index contributed by atoms with van der Waals surface area (Å²) in [6.45, 7) is 10.5. The number of aliphatic hydroxyl groups excluding tert-OH is 1. The second-order valence-corrected chi connectivity index (χ2v) is 11.6. The molecule has 0 aliphatic carbocycles. The Morgan fingerprint density at radius 1 is 1.30 bits per heavy atom. The van der Waals surface area contributed by atoms with Gasteiger partial charge in [-0.25, -0.2) is 19.5 Å². The summed E-state index contributed by atoms with van der Waals surface area (Å²) in [6, 6.07) is -0.934. The van der Waals surface area contributed by atoms with Crippen molar-refractivity contribution < 1.29 is 37.4 Å². The van der Waals surface area contributed by atoms with E-state index in [4.69, 9.17) is 14.6 Å². The summed E-state index contributed by atoms with van der Waals surface area (Å²) in [4.78, 5) is 41.8. The van der Waals surface area contributed by atoms with Crippen LogP contribution < -0.4 is 9.86 Å². The maximum atomic E-state index is 12.9. The van der Waals surface area contributed by atoms with E-state index in [9.17, 15) is 27.9 Å². The number of carbonyl (C=O) groups is 3. The summed E-state index contributed by atoms with van der Waals surface area (Å²) in [5, 5.41) is 15.0. The molecule has 3 heterocycles. The van der Waals surface area contributed by atoms with Gasteiger partial charge in [0.1, 0.15) is 18.9 Å². The van der Waals surface area contributed by atoms with Crippen molar-refractivity contribution in [3.63, 3.8) is 0 Å². The summed E-state index contributed by atoms with van der Waals surface area (Å²) in [5.74, 6) is -1.92. The zero-order valence-electron chi connectivity index (χ0n) is 20.2. The van der Waals surface area contributed by atoms with Crippen LogP contribution in [0.2, 0.25) is 0 Å². The largest absolute Gasteiger partial charge is 0.457 e. The van der Waals surface area contributed by atoms with Crippen LogP contribution in [0.5, 0.6) is 0 Å². The average molecular weight is 561 g/mol. The van der Waals surface area contributed by atoms with Gasteiger partial charge in [-0.05, 0) is 13.3 Å². The first-order valence-corrected chi connectivity index (χ1v) is 13.9. The smallest absolute Gasteiger partial charge is 0.410 e. The number of carbonyl (C=O) groups excluding carboxylic acids is 3. The molecule has 14 heteroatoms. The molecule has 0 spiro atoms. The molecule has 37 heavy (non-hydrogen) atoms. The second kappa shape index (κ2) is 12.4. The predicted octanol–water partition coefficient (Wildman–Crippen LogP) is 0.713. The summed E-state index contributed by atoms with van der Waals surface area (Å²) < 4.78 is 35.5. The number of esters is 1. The van der Waals surface area contributed by atoms with Gasteiger partial charge in [-0.1, -0.05) is 39.7 Å². The van der Waals surface area contributed by atoms with Gasteiger partial charge in [-0.3, -0.25) is 4.79 Å². The van der Waals surface area contributed by atoms with Gasteiger partial charge in [0, 0.05) is 35.2 Å². The lowest BCUT2D eigenvalue weighted by atomic mass is 9.79. The number of hydrogen-bond acceptors (Lipinski definition) is 9. The highest BCUT2D eigenvalue weighted by molar-refractivity contribution is 8.03. The number of nitrogens with two attached hydrogens (primary N) is 1. The number of fused-ring (bicyclic) bond motifs is 1. The van der Waals surface area contributed by atoms with E-state index in [1.165, 1.54) is 33.7 Å². The molecule has 0 saturated carbocycles. The number of likely N-dealkylation sites (tertiary alicyclic amines) is 1. The minimum absolute atomic E-state index is 0. The second-order valence-electron chi connectivity index (χ2n) is 8.89. The van der Waals surface area contributed by atoms with Crippen LogP contribution in [0.3, 0.4) is 0 Å². The molecule has 4 N–H and O–H groups in total. The van der Waals surface area contributed by atoms with Gasteiger partial charge >= 0.3 is 12.1 Å². The molecule has 12 nitrogen and oxygen atoms in total. The van der Waals surface area contributed by atoms with Crippen molar-refractivity contribution in [3.8, 4) is 0 Å². The molecular weight excluding hydrogens is 524 g/mol. The molecule has 3 aliphatic rings. The van der Waals surface area contributed by atoms with Crippen molar-refractivity contribution in [3.05, 3.63) is 35.9 Å². The first-order valence-electron chi connectivity index (χ1n) is 11.4. The van der Waals surface area contributed by atoms with E-state index in [0.717, 1.165) is 0 Å². The Kier molecular flexibility index (Phi) is 10.4. The molecule has 3 rings (SSSR count). The minimum atomic E-state index is -3.98. The first-order chi connectivity index (χ1) is 16.9. The monoisotopic (exact) mass is 560 g/mol. The van der Waals surface area contributed by atoms with Crippen molar-refractivity contribution in [2.45, 2.75) is 51.1 Å². The Labute approximate surface area is 222 Å². The molecule has 0 unspecified atom stereocenters. The molecule has 6 atom stereocenters. The number of β-lactam (4-membered cyclic amide) rings is 1. The number of hydrogen-bond donors (Lipinski definition) is 3. The predicted molar refractivity (Wildman–Crippen MR) is 139 cm³/mol. The third kappa shape index (κ3) is 6.55.